The standard InChI is InChI=1S/C17H18FN3O2/c1-21-16(10-23-11-17(21)22)13-9-19-7-6-15(13)20-8-12-4-2-3-5-14(12)18/h2-7,9,16H,8,10-11H2,1H3,(H,19,20). The largest absolute Gasteiger partial charge is 0.380 e. The number of hydrogen-bond acceptors (Lipinski definition) is 4. The van der Waals surface area contributed by atoms with Gasteiger partial charge in [-0.2, -0.15) is 0 Å². The lowest BCUT2D eigenvalue weighted by molar-refractivity contribution is -0.146. The third kappa shape index (κ3) is 3.32. The van der Waals surface area contributed by atoms with E-state index in [0.29, 0.717) is 18.7 Å². The smallest absolute Gasteiger partial charge is 0.248 e. The van der Waals surface area contributed by atoms with E-state index in [-0.39, 0.29) is 24.4 Å². The molecule has 23 heavy (non-hydrogen) atoms. The Hall–Kier alpha value is -2.47. The fourth-order valence-electron chi connectivity index (χ4n) is 2.61. The van der Waals surface area contributed by atoms with E-state index in [1.165, 1.54) is 6.07 Å². The molecule has 1 fully saturated rings. The van der Waals surface area contributed by atoms with Crippen LogP contribution in [-0.2, 0) is 16.1 Å². The van der Waals surface area contributed by atoms with Crippen molar-refractivity contribution in [1.29, 1.82) is 0 Å². The third-order valence-corrected chi connectivity index (χ3v) is 4.00. The average molecular weight is 315 g/mol. The predicted molar refractivity (Wildman–Crippen MR) is 84.3 cm³/mol. The van der Waals surface area contributed by atoms with Crippen molar-refractivity contribution in [3.8, 4) is 0 Å². The SMILES string of the molecule is CN1C(=O)COCC1c1cnccc1NCc1ccccc1F. The van der Waals surface area contributed by atoms with Crippen LogP contribution in [0.2, 0.25) is 0 Å². The molecule has 0 aliphatic carbocycles. The molecule has 1 unspecified atom stereocenters. The number of rotatable bonds is 4. The van der Waals surface area contributed by atoms with Crippen molar-refractivity contribution in [2.24, 2.45) is 0 Å². The minimum Gasteiger partial charge on any atom is -0.380 e. The monoisotopic (exact) mass is 315 g/mol. The molecule has 1 saturated heterocycles. The lowest BCUT2D eigenvalue weighted by atomic mass is 10.1. The third-order valence-electron chi connectivity index (χ3n) is 4.00. The summed E-state index contributed by atoms with van der Waals surface area (Å²) in [5.74, 6) is -0.311. The van der Waals surface area contributed by atoms with Crippen LogP contribution in [-0.4, -0.2) is 36.1 Å². The second-order valence-corrected chi connectivity index (χ2v) is 5.44. The Labute approximate surface area is 134 Å². The summed E-state index contributed by atoms with van der Waals surface area (Å²) in [5.41, 5.74) is 2.26. The van der Waals surface area contributed by atoms with E-state index in [1.807, 2.05) is 6.07 Å². The van der Waals surface area contributed by atoms with Crippen molar-refractivity contribution < 1.29 is 13.9 Å². The van der Waals surface area contributed by atoms with Crippen LogP contribution in [0.1, 0.15) is 17.2 Å². The van der Waals surface area contributed by atoms with Crippen LogP contribution in [0.15, 0.2) is 42.7 Å². The van der Waals surface area contributed by atoms with Crippen molar-refractivity contribution >= 4 is 11.6 Å². The number of likely N-dealkylation sites (N-methyl/N-ethyl adjacent to an activating group) is 1. The summed E-state index contributed by atoms with van der Waals surface area (Å²) in [4.78, 5) is 17.6. The predicted octanol–water partition coefficient (Wildman–Crippen LogP) is 2.36. The van der Waals surface area contributed by atoms with Gasteiger partial charge in [-0.05, 0) is 12.1 Å². The molecule has 1 amide bonds. The Bertz CT molecular complexity index is 708. The van der Waals surface area contributed by atoms with Gasteiger partial charge in [-0.3, -0.25) is 9.78 Å². The minimum absolute atomic E-state index is 0.0647. The molecule has 0 bridgehead atoms. The molecule has 2 aromatic rings. The Kier molecular flexibility index (Phi) is 4.52. The maximum Gasteiger partial charge on any atom is 0.248 e. The van der Waals surface area contributed by atoms with Gasteiger partial charge in [0.25, 0.3) is 0 Å². The van der Waals surface area contributed by atoms with Gasteiger partial charge in [0.1, 0.15) is 12.4 Å². The van der Waals surface area contributed by atoms with Crippen molar-refractivity contribution in [3.05, 3.63) is 59.7 Å². The molecule has 1 aromatic carbocycles. The number of nitrogens with zero attached hydrogens (tertiary/aromatic N) is 2. The molecule has 3 rings (SSSR count). The van der Waals surface area contributed by atoms with Crippen LogP contribution >= 0.6 is 0 Å². The highest BCUT2D eigenvalue weighted by Crippen LogP contribution is 2.29. The normalized spacial score (nSPS) is 18.1. The van der Waals surface area contributed by atoms with E-state index in [9.17, 15) is 9.18 Å². The van der Waals surface area contributed by atoms with Gasteiger partial charge in [-0.1, -0.05) is 18.2 Å². The zero-order valence-electron chi connectivity index (χ0n) is 12.8. The molecule has 5 nitrogen and oxygen atoms in total. The zero-order valence-corrected chi connectivity index (χ0v) is 12.8. The van der Waals surface area contributed by atoms with Crippen LogP contribution in [0.4, 0.5) is 10.1 Å². The lowest BCUT2D eigenvalue weighted by Crippen LogP contribution is -2.41. The quantitative estimate of drug-likeness (QED) is 0.941. The summed E-state index contributed by atoms with van der Waals surface area (Å²) in [7, 11) is 1.75. The van der Waals surface area contributed by atoms with Crippen LogP contribution < -0.4 is 5.32 Å². The van der Waals surface area contributed by atoms with Crippen molar-refractivity contribution in [2.75, 3.05) is 25.6 Å². The number of amides is 1. The lowest BCUT2D eigenvalue weighted by Gasteiger charge is -2.33. The van der Waals surface area contributed by atoms with Gasteiger partial charge < -0.3 is 15.0 Å². The highest BCUT2D eigenvalue weighted by atomic mass is 19.1. The van der Waals surface area contributed by atoms with Gasteiger partial charge in [0.15, 0.2) is 0 Å². The minimum atomic E-state index is -0.246. The first-order chi connectivity index (χ1) is 11.2. The number of hydrogen-bond donors (Lipinski definition) is 1. The molecule has 1 atom stereocenters. The Morgan fingerprint density at radius 3 is 3.04 bits per heavy atom. The fourth-order valence-corrected chi connectivity index (χ4v) is 2.61. The number of carbonyl (C=O) groups is 1. The van der Waals surface area contributed by atoms with Crippen LogP contribution in [0.3, 0.4) is 0 Å². The number of carbonyl (C=O) groups excluding carboxylic acids is 1. The summed E-state index contributed by atoms with van der Waals surface area (Å²) in [6.07, 6.45) is 3.38. The van der Waals surface area contributed by atoms with Crippen molar-refractivity contribution in [2.45, 2.75) is 12.6 Å². The summed E-state index contributed by atoms with van der Waals surface area (Å²) in [6, 6.07) is 8.26. The molecular formula is C17H18FN3O2. The summed E-state index contributed by atoms with van der Waals surface area (Å²) in [6.45, 7) is 0.877. The number of benzene rings is 1. The zero-order chi connectivity index (χ0) is 16.2. The number of pyridine rings is 1. The molecule has 1 aliphatic heterocycles. The van der Waals surface area contributed by atoms with Crippen molar-refractivity contribution in [3.63, 3.8) is 0 Å². The number of nitrogens with one attached hydrogen (secondary N) is 1. The number of morpholine rings is 1. The highest BCUT2D eigenvalue weighted by molar-refractivity contribution is 5.78. The van der Waals surface area contributed by atoms with E-state index >= 15 is 0 Å². The summed E-state index contributed by atoms with van der Waals surface area (Å²) in [5, 5.41) is 3.23. The van der Waals surface area contributed by atoms with Gasteiger partial charge in [-0.15, -0.1) is 0 Å². The van der Waals surface area contributed by atoms with Crippen LogP contribution in [0.5, 0.6) is 0 Å². The topological polar surface area (TPSA) is 54.5 Å². The molecule has 1 aromatic heterocycles. The number of aromatic nitrogens is 1. The van der Waals surface area contributed by atoms with E-state index < -0.39 is 0 Å². The molecule has 1 N–H and O–H groups in total. The highest BCUT2D eigenvalue weighted by Gasteiger charge is 2.28. The molecule has 0 saturated carbocycles. The van der Waals surface area contributed by atoms with Crippen molar-refractivity contribution in [1.82, 2.24) is 9.88 Å². The first-order valence-electron chi connectivity index (χ1n) is 7.41. The number of anilines is 1. The molecule has 2 heterocycles. The molecule has 1 aliphatic rings. The maximum atomic E-state index is 13.7. The van der Waals surface area contributed by atoms with Gasteiger partial charge in [0, 0.05) is 42.8 Å². The molecular weight excluding hydrogens is 297 g/mol. The van der Waals surface area contributed by atoms with Gasteiger partial charge >= 0.3 is 0 Å². The van der Waals surface area contributed by atoms with E-state index in [1.54, 1.807) is 42.5 Å². The molecule has 0 spiro atoms. The maximum absolute atomic E-state index is 13.7. The Morgan fingerprint density at radius 1 is 1.39 bits per heavy atom. The Morgan fingerprint density at radius 2 is 2.22 bits per heavy atom. The van der Waals surface area contributed by atoms with E-state index in [0.717, 1.165) is 11.3 Å². The van der Waals surface area contributed by atoms with Crippen LogP contribution in [0, 0.1) is 5.82 Å². The van der Waals surface area contributed by atoms with Gasteiger partial charge in [0.2, 0.25) is 5.91 Å². The van der Waals surface area contributed by atoms with E-state index in [2.05, 4.69) is 10.3 Å². The Balaban J connectivity index is 1.81. The van der Waals surface area contributed by atoms with E-state index in [4.69, 9.17) is 4.74 Å². The summed E-state index contributed by atoms with van der Waals surface area (Å²) >= 11 is 0. The molecule has 6 heteroatoms. The average Bonchev–Trinajstić information content (AvgIpc) is 2.57. The fraction of sp³-hybridized carbons (Fsp3) is 0.294. The first kappa shape index (κ1) is 15.4. The first-order valence-corrected chi connectivity index (χ1v) is 7.41. The van der Waals surface area contributed by atoms with Gasteiger partial charge in [-0.25, -0.2) is 4.39 Å². The molecule has 120 valence electrons. The summed E-state index contributed by atoms with van der Waals surface area (Å²) < 4.78 is 19.1. The second-order valence-electron chi connectivity index (χ2n) is 5.44. The second kappa shape index (κ2) is 6.75. The van der Waals surface area contributed by atoms with Gasteiger partial charge in [0.05, 0.1) is 12.6 Å². The molecule has 0 radical (unpaired) electrons. The van der Waals surface area contributed by atoms with Crippen LogP contribution in [0.25, 0.3) is 0 Å². The number of halogens is 1. The number of ether oxygens (including phenoxy) is 1.